The smallest absolute Gasteiger partial charge is 0.468 e. The van der Waals surface area contributed by atoms with Gasteiger partial charge in [-0.15, -0.1) is 13.2 Å². The van der Waals surface area contributed by atoms with Gasteiger partial charge in [-0.05, 0) is 18.6 Å². The molecule has 2 amide bonds. The van der Waals surface area contributed by atoms with E-state index in [0.29, 0.717) is 12.9 Å². The van der Waals surface area contributed by atoms with Crippen LogP contribution in [0.5, 0.6) is 11.5 Å². The van der Waals surface area contributed by atoms with Crippen molar-refractivity contribution in [2.45, 2.75) is 12.8 Å². The summed E-state index contributed by atoms with van der Waals surface area (Å²) >= 11 is 0. The van der Waals surface area contributed by atoms with Gasteiger partial charge in [0.25, 0.3) is 6.47 Å². The number of hydrogen-bond acceptors (Lipinski definition) is 6. The molecule has 0 heterocycles. The Morgan fingerprint density at radius 2 is 2.00 bits per heavy atom. The number of urea groups is 1. The number of nitrogens with zero attached hydrogens (tertiary/aromatic N) is 2. The molecule has 0 aliphatic carbocycles. The molecule has 1 rings (SSSR count). The van der Waals surface area contributed by atoms with Gasteiger partial charge in [0.15, 0.2) is 0 Å². The quantitative estimate of drug-likeness (QED) is 0.259. The molecule has 1 aromatic rings. The van der Waals surface area contributed by atoms with Crippen LogP contribution in [0.2, 0.25) is 0 Å². The van der Waals surface area contributed by atoms with Gasteiger partial charge in [-0.1, -0.05) is 19.2 Å². The molecule has 0 aliphatic heterocycles. The number of alkyl halides is 3. The first kappa shape index (κ1) is 23.5. The van der Waals surface area contributed by atoms with E-state index >= 15 is 0 Å². The van der Waals surface area contributed by atoms with Gasteiger partial charge in [0, 0.05) is 19.7 Å². The largest absolute Gasteiger partial charge is 0.573 e. The number of nitrogens with one attached hydrogen (secondary N) is 1. The summed E-state index contributed by atoms with van der Waals surface area (Å²) in [5.41, 5.74) is 0. The van der Waals surface area contributed by atoms with Crippen LogP contribution in [0.25, 0.3) is 0 Å². The van der Waals surface area contributed by atoms with Crippen molar-refractivity contribution in [2.75, 3.05) is 20.2 Å². The van der Waals surface area contributed by atoms with Crippen molar-refractivity contribution >= 4 is 18.7 Å². The first-order chi connectivity index (χ1) is 13.6. The number of halogens is 3. The molecule has 0 aromatic heterocycles. The van der Waals surface area contributed by atoms with E-state index in [4.69, 9.17) is 4.74 Å². The number of ether oxygens (including phenoxy) is 3. The Hall–Kier alpha value is -3.50. The highest BCUT2D eigenvalue weighted by molar-refractivity contribution is 5.79. The molecule has 8 nitrogen and oxygen atoms in total. The summed E-state index contributed by atoms with van der Waals surface area (Å²) in [4.78, 5) is 27.0. The average Bonchev–Trinajstić information content (AvgIpc) is 2.64. The van der Waals surface area contributed by atoms with Gasteiger partial charge in [0.2, 0.25) is 0 Å². The van der Waals surface area contributed by atoms with Gasteiger partial charge in [0.05, 0.1) is 12.8 Å². The van der Waals surface area contributed by atoms with Crippen molar-refractivity contribution < 1.29 is 37.0 Å². The van der Waals surface area contributed by atoms with E-state index in [0.717, 1.165) is 23.2 Å². The average molecular weight is 415 g/mol. The number of hydrogen-bond donors (Lipinski definition) is 1. The monoisotopic (exact) mass is 415 g/mol. The van der Waals surface area contributed by atoms with Crippen molar-refractivity contribution in [3.05, 3.63) is 49.0 Å². The Balaban J connectivity index is 2.52. The summed E-state index contributed by atoms with van der Waals surface area (Å²) in [6.07, 6.45) is -3.22. The van der Waals surface area contributed by atoms with Crippen molar-refractivity contribution in [1.82, 2.24) is 10.2 Å². The van der Waals surface area contributed by atoms with E-state index in [1.807, 2.05) is 0 Å². The standard InChI is InChI=1S/C18H20F3N3O5/c1-13(28-15-6-4-7-16(10-15)29-18(19,20)21)11-23-14(2)24(3)17(26)22-8-5-9-27-12-25/h4,6-7,10-12H,1-2,5,8-9H2,3H3,(H,22,26). The van der Waals surface area contributed by atoms with Gasteiger partial charge in [-0.25, -0.2) is 9.79 Å². The maximum atomic E-state index is 12.2. The number of carbonyl (C=O) groups is 2. The highest BCUT2D eigenvalue weighted by atomic mass is 19.4. The lowest BCUT2D eigenvalue weighted by atomic mass is 10.3. The summed E-state index contributed by atoms with van der Waals surface area (Å²) in [5.74, 6) is -0.336. The number of amides is 2. The number of aliphatic imine (C=N–C) groups is 1. The zero-order valence-corrected chi connectivity index (χ0v) is 15.6. The summed E-state index contributed by atoms with van der Waals surface area (Å²) in [6, 6.07) is 4.40. The van der Waals surface area contributed by atoms with Gasteiger partial charge in [-0.3, -0.25) is 9.69 Å². The molecule has 29 heavy (non-hydrogen) atoms. The third kappa shape index (κ3) is 9.84. The minimum atomic E-state index is -4.82. The predicted octanol–water partition coefficient (Wildman–Crippen LogP) is 3.22. The fourth-order valence-corrected chi connectivity index (χ4v) is 1.78. The summed E-state index contributed by atoms with van der Waals surface area (Å²) in [7, 11) is 1.43. The molecule has 0 saturated heterocycles. The lowest BCUT2D eigenvalue weighted by molar-refractivity contribution is -0.274. The number of allylic oxidation sites excluding steroid dienone is 1. The van der Waals surface area contributed by atoms with Crippen molar-refractivity contribution in [3.8, 4) is 11.5 Å². The Labute approximate surface area is 165 Å². The summed E-state index contributed by atoms with van der Waals surface area (Å²) < 4.78 is 50.3. The van der Waals surface area contributed by atoms with E-state index in [-0.39, 0.29) is 30.5 Å². The molecule has 0 unspecified atom stereocenters. The predicted molar refractivity (Wildman–Crippen MR) is 98.3 cm³/mol. The molecule has 1 aromatic carbocycles. The SMILES string of the molecule is C=C(C=NC(=C)N(C)C(=O)NCCCOC=O)Oc1cccc(OC(F)(F)F)c1. The molecule has 0 atom stereocenters. The van der Waals surface area contributed by atoms with Gasteiger partial charge in [0.1, 0.15) is 23.1 Å². The lowest BCUT2D eigenvalue weighted by Gasteiger charge is -2.17. The minimum absolute atomic E-state index is 0.00451. The molecule has 0 aliphatic rings. The molecule has 0 fully saturated rings. The highest BCUT2D eigenvalue weighted by Crippen LogP contribution is 2.26. The first-order valence-corrected chi connectivity index (χ1v) is 8.14. The lowest BCUT2D eigenvalue weighted by Crippen LogP contribution is -2.36. The number of carbonyl (C=O) groups excluding carboxylic acids is 2. The fraction of sp³-hybridized carbons (Fsp3) is 0.278. The number of rotatable bonds is 11. The third-order valence-corrected chi connectivity index (χ3v) is 3.12. The van der Waals surface area contributed by atoms with Crippen LogP contribution in [0.3, 0.4) is 0 Å². The van der Waals surface area contributed by atoms with Crippen LogP contribution in [0.4, 0.5) is 18.0 Å². The van der Waals surface area contributed by atoms with Crippen LogP contribution in [-0.2, 0) is 9.53 Å². The molecule has 0 radical (unpaired) electrons. The molecule has 0 spiro atoms. The van der Waals surface area contributed by atoms with Crippen molar-refractivity contribution in [1.29, 1.82) is 0 Å². The van der Waals surface area contributed by atoms with Gasteiger partial charge >= 0.3 is 12.4 Å². The second kappa shape index (κ2) is 11.4. The highest BCUT2D eigenvalue weighted by Gasteiger charge is 2.31. The molecule has 1 N–H and O–H groups in total. The Morgan fingerprint density at radius 3 is 2.66 bits per heavy atom. The third-order valence-electron chi connectivity index (χ3n) is 3.12. The molecular weight excluding hydrogens is 395 g/mol. The fourth-order valence-electron chi connectivity index (χ4n) is 1.78. The summed E-state index contributed by atoms with van der Waals surface area (Å²) in [5, 5.41) is 2.57. The number of benzene rings is 1. The second-order valence-electron chi connectivity index (χ2n) is 5.38. The Morgan fingerprint density at radius 1 is 1.31 bits per heavy atom. The normalized spacial score (nSPS) is 10.9. The second-order valence-corrected chi connectivity index (χ2v) is 5.38. The molecule has 0 bridgehead atoms. The van der Waals surface area contributed by atoms with Crippen LogP contribution in [0.15, 0.2) is 54.0 Å². The van der Waals surface area contributed by atoms with E-state index in [1.54, 1.807) is 0 Å². The van der Waals surface area contributed by atoms with Crippen LogP contribution in [0.1, 0.15) is 6.42 Å². The van der Waals surface area contributed by atoms with Crippen LogP contribution in [0, 0.1) is 0 Å². The molecule has 0 saturated carbocycles. The van der Waals surface area contributed by atoms with E-state index in [9.17, 15) is 22.8 Å². The van der Waals surface area contributed by atoms with E-state index in [2.05, 4.69) is 32.9 Å². The van der Waals surface area contributed by atoms with E-state index in [1.165, 1.54) is 19.2 Å². The molecule has 11 heteroatoms. The Bertz CT molecular complexity index is 765. The Kier molecular flexibility index (Phi) is 9.23. The first-order valence-electron chi connectivity index (χ1n) is 8.14. The summed E-state index contributed by atoms with van der Waals surface area (Å²) in [6.45, 7) is 7.97. The maximum Gasteiger partial charge on any atom is 0.573 e. The van der Waals surface area contributed by atoms with Crippen LogP contribution in [-0.4, -0.2) is 50.2 Å². The van der Waals surface area contributed by atoms with Crippen molar-refractivity contribution in [3.63, 3.8) is 0 Å². The molecule has 158 valence electrons. The van der Waals surface area contributed by atoms with Crippen molar-refractivity contribution in [2.24, 2.45) is 4.99 Å². The van der Waals surface area contributed by atoms with Crippen LogP contribution < -0.4 is 14.8 Å². The zero-order chi connectivity index (χ0) is 21.9. The zero-order valence-electron chi connectivity index (χ0n) is 15.6. The van der Waals surface area contributed by atoms with Crippen LogP contribution >= 0.6 is 0 Å². The van der Waals surface area contributed by atoms with Gasteiger partial charge in [-0.2, -0.15) is 0 Å². The molecular formula is C18H20F3N3O5. The van der Waals surface area contributed by atoms with E-state index < -0.39 is 18.1 Å². The maximum absolute atomic E-state index is 12.2. The minimum Gasteiger partial charge on any atom is -0.468 e. The topological polar surface area (TPSA) is 89.5 Å². The van der Waals surface area contributed by atoms with Gasteiger partial charge < -0.3 is 19.5 Å².